The monoisotopic (exact) mass is 230 g/mol. The third kappa shape index (κ3) is 3.59. The van der Waals surface area contributed by atoms with Gasteiger partial charge in [-0.05, 0) is 6.92 Å². The number of nitriles is 1. The van der Waals surface area contributed by atoms with Crippen molar-refractivity contribution in [3.63, 3.8) is 0 Å². The smallest absolute Gasteiger partial charge is 0.306 e. The predicted molar refractivity (Wildman–Crippen MR) is 50.5 cm³/mol. The summed E-state index contributed by atoms with van der Waals surface area (Å²) in [6, 6.07) is 2.25. The van der Waals surface area contributed by atoms with Crippen LogP contribution in [-0.4, -0.2) is 16.6 Å². The van der Waals surface area contributed by atoms with E-state index < -0.39 is 27.8 Å². The maximum atomic E-state index is 12.6. The molecule has 0 aliphatic heterocycles. The fourth-order valence-electron chi connectivity index (χ4n) is 0.763. The summed E-state index contributed by atoms with van der Waals surface area (Å²) in [5, 5.41) is 26.0. The van der Waals surface area contributed by atoms with E-state index in [1.54, 1.807) is 6.92 Å². The number of aliphatic hydroxyl groups is 1. The SMILES string of the molecule is CCO.N#Cc1cc([N+](=O)[O-])c(F)cc1F. The first kappa shape index (κ1) is 13.9. The summed E-state index contributed by atoms with van der Waals surface area (Å²) in [6.45, 7) is 1.93. The first-order valence-electron chi connectivity index (χ1n) is 4.12. The van der Waals surface area contributed by atoms with Crippen LogP contribution in [0.1, 0.15) is 12.5 Å². The molecule has 0 fully saturated rings. The Hall–Kier alpha value is -2.07. The lowest BCUT2D eigenvalue weighted by molar-refractivity contribution is -0.387. The molecular formula is C9H8F2N2O3. The van der Waals surface area contributed by atoms with Gasteiger partial charge in [0.05, 0.1) is 10.5 Å². The molecule has 0 aromatic heterocycles. The van der Waals surface area contributed by atoms with Crippen molar-refractivity contribution in [3.8, 4) is 6.07 Å². The minimum Gasteiger partial charge on any atom is -0.397 e. The zero-order valence-electron chi connectivity index (χ0n) is 8.28. The molecule has 1 N–H and O–H groups in total. The van der Waals surface area contributed by atoms with Gasteiger partial charge in [-0.1, -0.05) is 0 Å². The molecule has 0 unspecified atom stereocenters. The van der Waals surface area contributed by atoms with Crippen LogP contribution in [0.25, 0.3) is 0 Å². The molecule has 0 heterocycles. The lowest BCUT2D eigenvalue weighted by atomic mass is 10.2. The molecular weight excluding hydrogens is 222 g/mol. The summed E-state index contributed by atoms with van der Waals surface area (Å²) in [6.07, 6.45) is 0. The summed E-state index contributed by atoms with van der Waals surface area (Å²) >= 11 is 0. The molecule has 0 saturated carbocycles. The highest BCUT2D eigenvalue weighted by Gasteiger charge is 2.17. The average molecular weight is 230 g/mol. The van der Waals surface area contributed by atoms with E-state index in [1.165, 1.54) is 6.07 Å². The second kappa shape index (κ2) is 6.42. The standard InChI is InChI=1S/C7H2F2N2O2.C2H6O/c8-5-2-6(9)7(11(12)13)1-4(5)3-10;1-2-3/h1-2H;3H,2H2,1H3. The van der Waals surface area contributed by atoms with Crippen LogP contribution in [0.5, 0.6) is 0 Å². The molecule has 5 nitrogen and oxygen atoms in total. The van der Waals surface area contributed by atoms with Gasteiger partial charge in [0.25, 0.3) is 0 Å². The molecule has 86 valence electrons. The van der Waals surface area contributed by atoms with Crippen LogP contribution >= 0.6 is 0 Å². The fraction of sp³-hybridized carbons (Fsp3) is 0.222. The van der Waals surface area contributed by atoms with Gasteiger partial charge in [0.15, 0.2) is 0 Å². The Morgan fingerprint density at radius 2 is 2.00 bits per heavy atom. The van der Waals surface area contributed by atoms with E-state index in [9.17, 15) is 18.9 Å². The Balaban J connectivity index is 0.000000673. The minimum absolute atomic E-state index is 0.250. The van der Waals surface area contributed by atoms with Crippen molar-refractivity contribution in [2.45, 2.75) is 6.92 Å². The number of halogens is 2. The first-order chi connectivity index (χ1) is 7.47. The van der Waals surface area contributed by atoms with E-state index in [1.807, 2.05) is 0 Å². The maximum absolute atomic E-state index is 12.6. The zero-order chi connectivity index (χ0) is 12.7. The highest BCUT2D eigenvalue weighted by molar-refractivity contribution is 5.42. The molecule has 16 heavy (non-hydrogen) atoms. The zero-order valence-corrected chi connectivity index (χ0v) is 8.28. The van der Waals surface area contributed by atoms with Crippen molar-refractivity contribution in [1.82, 2.24) is 0 Å². The van der Waals surface area contributed by atoms with Crippen LogP contribution < -0.4 is 0 Å². The number of benzene rings is 1. The average Bonchev–Trinajstić information content (AvgIpc) is 2.18. The summed E-state index contributed by atoms with van der Waals surface area (Å²) in [7, 11) is 0. The lowest BCUT2D eigenvalue weighted by Crippen LogP contribution is -1.95. The van der Waals surface area contributed by atoms with Crippen molar-refractivity contribution in [3.05, 3.63) is 39.4 Å². The van der Waals surface area contributed by atoms with Crippen molar-refractivity contribution < 1.29 is 18.8 Å². The highest BCUT2D eigenvalue weighted by atomic mass is 19.1. The van der Waals surface area contributed by atoms with Gasteiger partial charge in [-0.25, -0.2) is 4.39 Å². The Morgan fingerprint density at radius 1 is 1.50 bits per heavy atom. The van der Waals surface area contributed by atoms with Crippen molar-refractivity contribution in [1.29, 1.82) is 5.26 Å². The number of aliphatic hydroxyl groups excluding tert-OH is 1. The molecule has 1 aromatic carbocycles. The van der Waals surface area contributed by atoms with E-state index in [0.29, 0.717) is 12.1 Å². The summed E-state index contributed by atoms with van der Waals surface area (Å²) in [4.78, 5) is 9.12. The van der Waals surface area contributed by atoms with Crippen LogP contribution in [0.4, 0.5) is 14.5 Å². The quantitative estimate of drug-likeness (QED) is 0.588. The molecule has 0 amide bonds. The number of hydrogen-bond acceptors (Lipinski definition) is 4. The lowest BCUT2D eigenvalue weighted by Gasteiger charge is -1.95. The molecule has 0 atom stereocenters. The van der Waals surface area contributed by atoms with Crippen molar-refractivity contribution in [2.75, 3.05) is 6.61 Å². The summed E-state index contributed by atoms with van der Waals surface area (Å²) < 4.78 is 25.2. The number of rotatable bonds is 1. The number of nitrogens with zero attached hydrogens (tertiary/aromatic N) is 2. The van der Waals surface area contributed by atoms with Crippen LogP contribution in [0.15, 0.2) is 12.1 Å². The first-order valence-corrected chi connectivity index (χ1v) is 4.12. The van der Waals surface area contributed by atoms with Gasteiger partial charge in [-0.3, -0.25) is 10.1 Å². The summed E-state index contributed by atoms with van der Waals surface area (Å²) in [5.41, 5.74) is -1.45. The normalized spacial score (nSPS) is 8.69. The van der Waals surface area contributed by atoms with Gasteiger partial charge >= 0.3 is 5.69 Å². The maximum Gasteiger partial charge on any atom is 0.306 e. The molecule has 0 radical (unpaired) electrons. The van der Waals surface area contributed by atoms with Crippen LogP contribution in [0, 0.1) is 33.1 Å². The molecule has 0 aliphatic carbocycles. The van der Waals surface area contributed by atoms with Gasteiger partial charge in [-0.15, -0.1) is 0 Å². The Morgan fingerprint density at radius 3 is 2.38 bits per heavy atom. The molecule has 7 heteroatoms. The van der Waals surface area contributed by atoms with E-state index >= 15 is 0 Å². The highest BCUT2D eigenvalue weighted by Crippen LogP contribution is 2.20. The Kier molecular flexibility index (Phi) is 5.59. The summed E-state index contributed by atoms with van der Waals surface area (Å²) in [5.74, 6) is -2.40. The largest absolute Gasteiger partial charge is 0.397 e. The van der Waals surface area contributed by atoms with Gasteiger partial charge in [-0.2, -0.15) is 9.65 Å². The topological polar surface area (TPSA) is 87.2 Å². The molecule has 0 spiro atoms. The number of nitro groups is 1. The van der Waals surface area contributed by atoms with E-state index in [0.717, 1.165) is 0 Å². The second-order valence-electron chi connectivity index (χ2n) is 2.47. The third-order valence-corrected chi connectivity index (χ3v) is 1.35. The van der Waals surface area contributed by atoms with Crippen LogP contribution in [0.3, 0.4) is 0 Å². The van der Waals surface area contributed by atoms with Gasteiger partial charge in [0, 0.05) is 18.7 Å². The Bertz CT molecular complexity index is 429. The van der Waals surface area contributed by atoms with Crippen molar-refractivity contribution in [2.24, 2.45) is 0 Å². The third-order valence-electron chi connectivity index (χ3n) is 1.35. The van der Waals surface area contributed by atoms with E-state index in [-0.39, 0.29) is 6.61 Å². The second-order valence-corrected chi connectivity index (χ2v) is 2.47. The van der Waals surface area contributed by atoms with Gasteiger partial charge < -0.3 is 5.11 Å². The van der Waals surface area contributed by atoms with Gasteiger partial charge in [0.2, 0.25) is 5.82 Å². The van der Waals surface area contributed by atoms with Crippen LogP contribution in [-0.2, 0) is 0 Å². The Labute approximate surface area is 89.7 Å². The fourth-order valence-corrected chi connectivity index (χ4v) is 0.763. The van der Waals surface area contributed by atoms with Crippen molar-refractivity contribution >= 4 is 5.69 Å². The van der Waals surface area contributed by atoms with Gasteiger partial charge in [0.1, 0.15) is 11.9 Å². The van der Waals surface area contributed by atoms with E-state index in [4.69, 9.17) is 10.4 Å². The molecule has 0 bridgehead atoms. The molecule has 0 aliphatic rings. The minimum atomic E-state index is -1.29. The van der Waals surface area contributed by atoms with Crippen LogP contribution in [0.2, 0.25) is 0 Å². The number of nitro benzene ring substituents is 1. The van der Waals surface area contributed by atoms with E-state index in [2.05, 4.69) is 0 Å². The number of hydrogen-bond donors (Lipinski definition) is 1. The molecule has 1 aromatic rings. The molecule has 0 saturated heterocycles. The predicted octanol–water partition coefficient (Wildman–Crippen LogP) is 1.74. The molecule has 1 rings (SSSR count).